The molecule has 2 N–H and O–H groups in total. The van der Waals surface area contributed by atoms with Crippen LogP contribution in [-0.2, 0) is 11.3 Å². The van der Waals surface area contributed by atoms with E-state index in [9.17, 15) is 0 Å². The van der Waals surface area contributed by atoms with Gasteiger partial charge in [0.1, 0.15) is 0 Å². The minimum absolute atomic E-state index is 0.395. The SMILES string of the molecule is CCNC(=NCC(C)COCc1ccccc1)NC1CCN(C(C)C)CC1. The summed E-state index contributed by atoms with van der Waals surface area (Å²) in [6, 6.07) is 11.5. The Labute approximate surface area is 165 Å². The first-order valence-corrected chi connectivity index (χ1v) is 10.5. The van der Waals surface area contributed by atoms with Gasteiger partial charge in [-0.1, -0.05) is 37.3 Å². The second-order valence-electron chi connectivity index (χ2n) is 7.87. The summed E-state index contributed by atoms with van der Waals surface area (Å²) in [6.07, 6.45) is 2.36. The first kappa shape index (κ1) is 21.7. The van der Waals surface area contributed by atoms with E-state index >= 15 is 0 Å². The lowest BCUT2D eigenvalue weighted by molar-refractivity contribution is 0.0944. The van der Waals surface area contributed by atoms with Gasteiger partial charge in [0.05, 0.1) is 13.2 Å². The molecular formula is C22H38N4O. The molecule has 0 radical (unpaired) electrons. The molecule has 1 fully saturated rings. The summed E-state index contributed by atoms with van der Waals surface area (Å²) >= 11 is 0. The van der Waals surface area contributed by atoms with E-state index in [2.05, 4.69) is 55.4 Å². The van der Waals surface area contributed by atoms with Crippen LogP contribution in [0.2, 0.25) is 0 Å². The van der Waals surface area contributed by atoms with Crippen molar-refractivity contribution >= 4 is 5.96 Å². The molecule has 1 saturated heterocycles. The molecule has 2 rings (SSSR count). The molecule has 0 spiro atoms. The van der Waals surface area contributed by atoms with Crippen molar-refractivity contribution in [2.24, 2.45) is 10.9 Å². The highest BCUT2D eigenvalue weighted by atomic mass is 16.5. The maximum absolute atomic E-state index is 5.84. The monoisotopic (exact) mass is 374 g/mol. The van der Waals surface area contributed by atoms with Crippen molar-refractivity contribution in [3.63, 3.8) is 0 Å². The van der Waals surface area contributed by atoms with E-state index in [-0.39, 0.29) is 0 Å². The number of hydrogen-bond acceptors (Lipinski definition) is 3. The number of rotatable bonds is 9. The second-order valence-corrected chi connectivity index (χ2v) is 7.87. The molecule has 1 aliphatic rings. The Morgan fingerprint density at radius 2 is 1.89 bits per heavy atom. The number of piperidine rings is 1. The molecule has 27 heavy (non-hydrogen) atoms. The lowest BCUT2D eigenvalue weighted by Gasteiger charge is -2.35. The zero-order valence-electron chi connectivity index (χ0n) is 17.6. The summed E-state index contributed by atoms with van der Waals surface area (Å²) in [6.45, 7) is 14.2. The zero-order chi connectivity index (χ0) is 19.5. The second kappa shape index (κ2) is 12.0. The molecule has 1 unspecified atom stereocenters. The highest BCUT2D eigenvalue weighted by Gasteiger charge is 2.21. The van der Waals surface area contributed by atoms with Crippen LogP contribution < -0.4 is 10.6 Å². The molecule has 5 heteroatoms. The maximum atomic E-state index is 5.84. The maximum Gasteiger partial charge on any atom is 0.191 e. The van der Waals surface area contributed by atoms with Gasteiger partial charge in [0.15, 0.2) is 5.96 Å². The fourth-order valence-electron chi connectivity index (χ4n) is 3.33. The summed E-state index contributed by atoms with van der Waals surface area (Å²) < 4.78 is 5.84. The summed E-state index contributed by atoms with van der Waals surface area (Å²) in [5.74, 6) is 1.34. The number of hydrogen-bond donors (Lipinski definition) is 2. The number of aliphatic imine (C=N–C) groups is 1. The quantitative estimate of drug-likeness (QED) is 0.514. The van der Waals surface area contributed by atoms with Crippen LogP contribution in [0.1, 0.15) is 46.1 Å². The van der Waals surface area contributed by atoms with Crippen LogP contribution in [-0.4, -0.2) is 55.7 Å². The Bertz CT molecular complexity index is 539. The summed E-state index contributed by atoms with van der Waals surface area (Å²) in [7, 11) is 0. The Hall–Kier alpha value is -1.59. The third kappa shape index (κ3) is 8.31. The van der Waals surface area contributed by atoms with Gasteiger partial charge in [-0.2, -0.15) is 0 Å². The molecule has 1 aromatic rings. The summed E-state index contributed by atoms with van der Waals surface area (Å²) in [5, 5.41) is 7.01. The number of ether oxygens (including phenoxy) is 1. The van der Waals surface area contributed by atoms with Gasteiger partial charge in [-0.15, -0.1) is 0 Å². The van der Waals surface area contributed by atoms with Crippen LogP contribution in [0.15, 0.2) is 35.3 Å². The van der Waals surface area contributed by atoms with Gasteiger partial charge in [-0.05, 0) is 45.1 Å². The van der Waals surface area contributed by atoms with Crippen LogP contribution in [0.25, 0.3) is 0 Å². The van der Waals surface area contributed by atoms with Crippen LogP contribution >= 0.6 is 0 Å². The van der Waals surface area contributed by atoms with Crippen molar-refractivity contribution < 1.29 is 4.74 Å². The molecule has 1 heterocycles. The highest BCUT2D eigenvalue weighted by Crippen LogP contribution is 2.13. The van der Waals surface area contributed by atoms with Gasteiger partial charge in [0.2, 0.25) is 0 Å². The minimum Gasteiger partial charge on any atom is -0.376 e. The van der Waals surface area contributed by atoms with E-state index in [4.69, 9.17) is 9.73 Å². The Kier molecular flexibility index (Phi) is 9.64. The molecule has 0 aliphatic carbocycles. The van der Waals surface area contributed by atoms with Crippen LogP contribution in [0.5, 0.6) is 0 Å². The van der Waals surface area contributed by atoms with E-state index in [1.807, 2.05) is 18.2 Å². The first-order chi connectivity index (χ1) is 13.1. The molecular weight excluding hydrogens is 336 g/mol. The third-order valence-electron chi connectivity index (χ3n) is 5.02. The largest absolute Gasteiger partial charge is 0.376 e. The lowest BCUT2D eigenvalue weighted by Crippen LogP contribution is -2.50. The predicted molar refractivity (Wildman–Crippen MR) is 114 cm³/mol. The van der Waals surface area contributed by atoms with E-state index in [1.165, 1.54) is 31.5 Å². The molecule has 0 saturated carbocycles. The smallest absolute Gasteiger partial charge is 0.191 e. The Morgan fingerprint density at radius 3 is 2.52 bits per heavy atom. The third-order valence-corrected chi connectivity index (χ3v) is 5.02. The number of benzene rings is 1. The van der Waals surface area contributed by atoms with E-state index < -0.39 is 0 Å². The van der Waals surface area contributed by atoms with Gasteiger partial charge in [-0.3, -0.25) is 4.99 Å². The Balaban J connectivity index is 1.72. The van der Waals surface area contributed by atoms with Crippen molar-refractivity contribution in [3.05, 3.63) is 35.9 Å². The minimum atomic E-state index is 0.395. The van der Waals surface area contributed by atoms with Crippen molar-refractivity contribution in [3.8, 4) is 0 Å². The van der Waals surface area contributed by atoms with Gasteiger partial charge >= 0.3 is 0 Å². The van der Waals surface area contributed by atoms with Gasteiger partial charge in [-0.25, -0.2) is 0 Å². The molecule has 0 bridgehead atoms. The standard InChI is InChI=1S/C22H38N4O/c1-5-23-22(25-21-11-13-26(14-12-21)18(2)3)24-15-19(4)16-27-17-20-9-7-6-8-10-20/h6-10,18-19,21H,5,11-17H2,1-4H3,(H2,23,24,25). The molecule has 5 nitrogen and oxygen atoms in total. The Morgan fingerprint density at radius 1 is 1.19 bits per heavy atom. The normalized spacial score (nSPS) is 17.9. The fourth-order valence-corrected chi connectivity index (χ4v) is 3.33. The number of nitrogens with zero attached hydrogens (tertiary/aromatic N) is 2. The predicted octanol–water partition coefficient (Wildman–Crippen LogP) is 3.27. The van der Waals surface area contributed by atoms with Crippen molar-refractivity contribution in [1.29, 1.82) is 0 Å². The van der Waals surface area contributed by atoms with Crippen molar-refractivity contribution in [1.82, 2.24) is 15.5 Å². The molecule has 0 aromatic heterocycles. The van der Waals surface area contributed by atoms with Crippen molar-refractivity contribution in [2.45, 2.75) is 59.2 Å². The molecule has 1 aliphatic heterocycles. The van der Waals surface area contributed by atoms with Gasteiger partial charge in [0.25, 0.3) is 0 Å². The summed E-state index contributed by atoms with van der Waals surface area (Å²) in [4.78, 5) is 7.34. The number of guanidine groups is 1. The molecule has 1 atom stereocenters. The topological polar surface area (TPSA) is 48.9 Å². The van der Waals surface area contributed by atoms with E-state index in [0.29, 0.717) is 24.6 Å². The number of nitrogens with one attached hydrogen (secondary N) is 2. The van der Waals surface area contributed by atoms with E-state index in [1.54, 1.807) is 0 Å². The molecule has 152 valence electrons. The molecule has 1 aromatic carbocycles. The van der Waals surface area contributed by atoms with Crippen LogP contribution in [0, 0.1) is 5.92 Å². The first-order valence-electron chi connectivity index (χ1n) is 10.5. The highest BCUT2D eigenvalue weighted by molar-refractivity contribution is 5.80. The number of likely N-dealkylation sites (tertiary alicyclic amines) is 1. The average molecular weight is 375 g/mol. The van der Waals surface area contributed by atoms with Crippen molar-refractivity contribution in [2.75, 3.05) is 32.8 Å². The van der Waals surface area contributed by atoms with Crippen LogP contribution in [0.3, 0.4) is 0 Å². The van der Waals surface area contributed by atoms with Crippen LogP contribution in [0.4, 0.5) is 0 Å². The van der Waals surface area contributed by atoms with Gasteiger partial charge in [0, 0.05) is 38.3 Å². The average Bonchev–Trinajstić information content (AvgIpc) is 2.67. The lowest BCUT2D eigenvalue weighted by atomic mass is 10.0. The fraction of sp³-hybridized carbons (Fsp3) is 0.682. The summed E-state index contributed by atoms with van der Waals surface area (Å²) in [5.41, 5.74) is 1.22. The van der Waals surface area contributed by atoms with Gasteiger partial charge < -0.3 is 20.3 Å². The van der Waals surface area contributed by atoms with E-state index in [0.717, 1.165) is 25.7 Å². The molecule has 0 amide bonds. The zero-order valence-corrected chi connectivity index (χ0v) is 17.6.